The zero-order chi connectivity index (χ0) is 16.2. The number of carbonyl (C=O) groups is 2. The van der Waals surface area contributed by atoms with Crippen LogP contribution in [0.1, 0.15) is 32.1 Å². The van der Waals surface area contributed by atoms with Crippen molar-refractivity contribution in [1.82, 2.24) is 9.80 Å². The van der Waals surface area contributed by atoms with Gasteiger partial charge in [-0.15, -0.1) is 0 Å². The molecule has 7 nitrogen and oxygen atoms in total. The van der Waals surface area contributed by atoms with Crippen LogP contribution in [0.25, 0.3) is 0 Å². The normalized spacial score (nSPS) is 26.3. The molecule has 2 fully saturated rings. The van der Waals surface area contributed by atoms with Crippen LogP contribution in [0.3, 0.4) is 0 Å². The van der Waals surface area contributed by atoms with Crippen LogP contribution in [0.5, 0.6) is 0 Å². The second-order valence-corrected chi connectivity index (χ2v) is 6.08. The molecular formula is C15H26N2O5. The van der Waals surface area contributed by atoms with E-state index in [9.17, 15) is 9.59 Å². The van der Waals surface area contributed by atoms with Crippen molar-refractivity contribution in [3.63, 3.8) is 0 Å². The Morgan fingerprint density at radius 1 is 1.09 bits per heavy atom. The molecule has 2 rings (SSSR count). The molecule has 0 aromatic carbocycles. The SMILES string of the molecule is COC(=O)C1(OC)CCN(C2CCCN(C(=O)O)CC2)CC1. The smallest absolute Gasteiger partial charge is 0.407 e. The zero-order valence-electron chi connectivity index (χ0n) is 13.4. The summed E-state index contributed by atoms with van der Waals surface area (Å²) >= 11 is 0. The average molecular weight is 314 g/mol. The maximum atomic E-state index is 11.9. The van der Waals surface area contributed by atoms with Crippen molar-refractivity contribution in [2.75, 3.05) is 40.4 Å². The molecule has 0 aromatic heterocycles. The minimum Gasteiger partial charge on any atom is -0.467 e. The fourth-order valence-corrected chi connectivity index (χ4v) is 3.56. The molecule has 0 radical (unpaired) electrons. The first-order chi connectivity index (χ1) is 10.5. The van der Waals surface area contributed by atoms with Crippen molar-refractivity contribution >= 4 is 12.1 Å². The monoisotopic (exact) mass is 314 g/mol. The predicted octanol–water partition coefficient (Wildman–Crippen LogP) is 1.17. The van der Waals surface area contributed by atoms with Crippen LogP contribution in [-0.4, -0.2) is 79.0 Å². The Hall–Kier alpha value is -1.34. The van der Waals surface area contributed by atoms with E-state index < -0.39 is 11.7 Å². The van der Waals surface area contributed by atoms with E-state index in [2.05, 4.69) is 4.90 Å². The highest BCUT2D eigenvalue weighted by molar-refractivity contribution is 5.79. The summed E-state index contributed by atoms with van der Waals surface area (Å²) in [5.74, 6) is -0.299. The number of carbonyl (C=O) groups excluding carboxylic acids is 1. The molecule has 0 aromatic rings. The van der Waals surface area contributed by atoms with E-state index in [-0.39, 0.29) is 5.97 Å². The lowest BCUT2D eigenvalue weighted by atomic mass is 9.89. The highest BCUT2D eigenvalue weighted by atomic mass is 16.6. The van der Waals surface area contributed by atoms with Gasteiger partial charge in [0.05, 0.1) is 7.11 Å². The molecule has 0 aliphatic carbocycles. The number of hydrogen-bond acceptors (Lipinski definition) is 5. The summed E-state index contributed by atoms with van der Waals surface area (Å²) in [5.41, 5.74) is -0.816. The number of nitrogens with zero attached hydrogens (tertiary/aromatic N) is 2. The first kappa shape index (κ1) is 17.0. The lowest BCUT2D eigenvalue weighted by Gasteiger charge is -2.41. The van der Waals surface area contributed by atoms with Crippen LogP contribution < -0.4 is 0 Å². The lowest BCUT2D eigenvalue weighted by molar-refractivity contribution is -0.172. The maximum absolute atomic E-state index is 11.9. The third-order valence-electron chi connectivity index (χ3n) is 5.04. The number of ether oxygens (including phenoxy) is 2. The van der Waals surface area contributed by atoms with Gasteiger partial charge in [0, 0.05) is 39.3 Å². The first-order valence-electron chi connectivity index (χ1n) is 7.88. The van der Waals surface area contributed by atoms with Crippen molar-refractivity contribution in [2.45, 2.75) is 43.7 Å². The van der Waals surface area contributed by atoms with Crippen molar-refractivity contribution in [3.8, 4) is 0 Å². The van der Waals surface area contributed by atoms with E-state index in [4.69, 9.17) is 14.6 Å². The van der Waals surface area contributed by atoms with Crippen molar-refractivity contribution in [3.05, 3.63) is 0 Å². The summed E-state index contributed by atoms with van der Waals surface area (Å²) in [6, 6.07) is 0.386. The van der Waals surface area contributed by atoms with Gasteiger partial charge in [0.25, 0.3) is 0 Å². The number of esters is 1. The Balaban J connectivity index is 1.91. The molecule has 0 saturated carbocycles. The van der Waals surface area contributed by atoms with E-state index in [0.717, 1.165) is 32.4 Å². The van der Waals surface area contributed by atoms with Gasteiger partial charge in [0.15, 0.2) is 5.60 Å². The van der Waals surface area contributed by atoms with Gasteiger partial charge in [0.2, 0.25) is 0 Å². The van der Waals surface area contributed by atoms with Gasteiger partial charge in [-0.3, -0.25) is 0 Å². The third-order valence-corrected chi connectivity index (χ3v) is 5.04. The van der Waals surface area contributed by atoms with E-state index in [1.807, 2.05) is 0 Å². The summed E-state index contributed by atoms with van der Waals surface area (Å²) in [5, 5.41) is 9.09. The van der Waals surface area contributed by atoms with Crippen LogP contribution in [0.15, 0.2) is 0 Å². The van der Waals surface area contributed by atoms with Gasteiger partial charge in [0.1, 0.15) is 0 Å². The Kier molecular flexibility index (Phi) is 5.63. The van der Waals surface area contributed by atoms with Crippen molar-refractivity contribution in [2.24, 2.45) is 0 Å². The fourth-order valence-electron chi connectivity index (χ4n) is 3.56. The Morgan fingerprint density at radius 3 is 2.32 bits per heavy atom. The van der Waals surface area contributed by atoms with Crippen molar-refractivity contribution in [1.29, 1.82) is 0 Å². The molecule has 2 aliphatic rings. The zero-order valence-corrected chi connectivity index (χ0v) is 13.4. The van der Waals surface area contributed by atoms with Gasteiger partial charge in [-0.2, -0.15) is 0 Å². The van der Waals surface area contributed by atoms with Gasteiger partial charge in [-0.1, -0.05) is 0 Å². The molecule has 2 heterocycles. The molecule has 1 atom stereocenters. The van der Waals surface area contributed by atoms with Crippen LogP contribution in [0.4, 0.5) is 4.79 Å². The summed E-state index contributed by atoms with van der Waals surface area (Å²) in [6.45, 7) is 2.76. The molecule has 126 valence electrons. The molecule has 2 aliphatic heterocycles. The summed E-state index contributed by atoms with van der Waals surface area (Å²) in [7, 11) is 2.95. The molecule has 1 N–H and O–H groups in total. The molecule has 1 unspecified atom stereocenters. The van der Waals surface area contributed by atoms with Gasteiger partial charge >= 0.3 is 12.1 Å². The number of amides is 1. The van der Waals surface area contributed by atoms with E-state index in [0.29, 0.717) is 32.0 Å². The quantitative estimate of drug-likeness (QED) is 0.788. The highest BCUT2D eigenvalue weighted by Gasteiger charge is 2.43. The summed E-state index contributed by atoms with van der Waals surface area (Å²) in [6.07, 6.45) is 3.15. The molecule has 2 saturated heterocycles. The van der Waals surface area contributed by atoms with E-state index >= 15 is 0 Å². The molecule has 0 spiro atoms. The number of hydrogen-bond donors (Lipinski definition) is 1. The van der Waals surface area contributed by atoms with Crippen LogP contribution in [0.2, 0.25) is 0 Å². The molecule has 22 heavy (non-hydrogen) atoms. The number of methoxy groups -OCH3 is 2. The van der Waals surface area contributed by atoms with Crippen LogP contribution in [-0.2, 0) is 14.3 Å². The Bertz CT molecular complexity index is 407. The lowest BCUT2D eigenvalue weighted by Crippen LogP contribution is -2.53. The minimum atomic E-state index is -0.830. The van der Waals surface area contributed by atoms with Crippen molar-refractivity contribution < 1.29 is 24.2 Å². The fraction of sp³-hybridized carbons (Fsp3) is 0.867. The number of piperidine rings is 1. The second-order valence-electron chi connectivity index (χ2n) is 6.08. The van der Waals surface area contributed by atoms with Crippen LogP contribution >= 0.6 is 0 Å². The van der Waals surface area contributed by atoms with E-state index in [1.54, 1.807) is 7.11 Å². The average Bonchev–Trinajstić information content (AvgIpc) is 2.80. The van der Waals surface area contributed by atoms with Gasteiger partial charge in [-0.25, -0.2) is 9.59 Å². The molecule has 1 amide bonds. The third kappa shape index (κ3) is 3.52. The van der Waals surface area contributed by atoms with Gasteiger partial charge < -0.3 is 24.4 Å². The summed E-state index contributed by atoms with van der Waals surface area (Å²) < 4.78 is 10.3. The second kappa shape index (κ2) is 7.28. The largest absolute Gasteiger partial charge is 0.467 e. The molecular weight excluding hydrogens is 288 g/mol. The minimum absolute atomic E-state index is 0.299. The Morgan fingerprint density at radius 2 is 1.77 bits per heavy atom. The topological polar surface area (TPSA) is 79.3 Å². The number of carboxylic acid groups (broad SMARTS) is 1. The Labute approximate surface area is 131 Å². The van der Waals surface area contributed by atoms with Gasteiger partial charge in [-0.05, 0) is 32.1 Å². The molecule has 0 bridgehead atoms. The van der Waals surface area contributed by atoms with E-state index in [1.165, 1.54) is 12.0 Å². The standard InChI is InChI=1S/C15H26N2O5/c1-21-13(18)15(22-2)6-10-16(11-7-15)12-4-3-8-17(9-5-12)14(19)20/h12H,3-11H2,1-2H3,(H,19,20). The first-order valence-corrected chi connectivity index (χ1v) is 7.88. The number of rotatable bonds is 3. The maximum Gasteiger partial charge on any atom is 0.407 e. The highest BCUT2D eigenvalue weighted by Crippen LogP contribution is 2.30. The molecule has 7 heteroatoms. The summed E-state index contributed by atoms with van der Waals surface area (Å²) in [4.78, 5) is 26.9. The number of likely N-dealkylation sites (tertiary alicyclic amines) is 2. The predicted molar refractivity (Wildman–Crippen MR) is 79.8 cm³/mol. The van der Waals surface area contributed by atoms with Crippen LogP contribution in [0, 0.1) is 0 Å².